The standard InChI is InChI=1S/C18H26O4/c1-4-5-6-7-8-9-10-11-15(19)12-16-13-17(21-3)14(2)18(20)22-16/h4-7,13,15,19H,8-12H2,1-3H3/b5-4+,7-6+. The Hall–Kier alpha value is -1.81. The highest BCUT2D eigenvalue weighted by Crippen LogP contribution is 2.17. The molecular weight excluding hydrogens is 280 g/mol. The van der Waals surface area contributed by atoms with E-state index in [2.05, 4.69) is 6.08 Å². The zero-order valence-corrected chi connectivity index (χ0v) is 13.7. The summed E-state index contributed by atoms with van der Waals surface area (Å²) in [5.41, 5.74) is 0.0457. The van der Waals surface area contributed by atoms with Crippen LogP contribution in [0.1, 0.15) is 43.9 Å². The van der Waals surface area contributed by atoms with Gasteiger partial charge in [0.2, 0.25) is 0 Å². The van der Waals surface area contributed by atoms with Crippen LogP contribution in [0.25, 0.3) is 0 Å². The summed E-state index contributed by atoms with van der Waals surface area (Å²) in [7, 11) is 1.52. The quantitative estimate of drug-likeness (QED) is 0.560. The van der Waals surface area contributed by atoms with Gasteiger partial charge in [-0.25, -0.2) is 4.79 Å². The number of allylic oxidation sites excluding steroid dienone is 4. The summed E-state index contributed by atoms with van der Waals surface area (Å²) >= 11 is 0. The number of unbranched alkanes of at least 4 members (excludes halogenated alkanes) is 2. The molecule has 1 heterocycles. The minimum atomic E-state index is -0.505. The number of hydrogen-bond acceptors (Lipinski definition) is 4. The lowest BCUT2D eigenvalue weighted by molar-refractivity contribution is 0.152. The molecule has 1 unspecified atom stereocenters. The van der Waals surface area contributed by atoms with Crippen molar-refractivity contribution in [2.75, 3.05) is 7.11 Å². The van der Waals surface area contributed by atoms with Gasteiger partial charge in [0.25, 0.3) is 0 Å². The normalized spacial score (nSPS) is 13.1. The third-order valence-electron chi connectivity index (χ3n) is 3.45. The topological polar surface area (TPSA) is 59.7 Å². The lowest BCUT2D eigenvalue weighted by Crippen LogP contribution is -2.14. The Labute approximate surface area is 132 Å². The van der Waals surface area contributed by atoms with Crippen LogP contribution in [-0.4, -0.2) is 18.3 Å². The summed E-state index contributed by atoms with van der Waals surface area (Å²) < 4.78 is 10.3. The third-order valence-corrected chi connectivity index (χ3v) is 3.45. The lowest BCUT2D eigenvalue weighted by Gasteiger charge is -2.10. The van der Waals surface area contributed by atoms with Gasteiger partial charge in [0.05, 0.1) is 18.8 Å². The van der Waals surface area contributed by atoms with Gasteiger partial charge in [-0.3, -0.25) is 0 Å². The van der Waals surface area contributed by atoms with E-state index >= 15 is 0 Å². The van der Waals surface area contributed by atoms with Crippen LogP contribution in [0.3, 0.4) is 0 Å². The molecule has 1 N–H and O–H groups in total. The van der Waals surface area contributed by atoms with Gasteiger partial charge in [0, 0.05) is 12.5 Å². The number of hydrogen-bond donors (Lipinski definition) is 1. The van der Waals surface area contributed by atoms with Crippen molar-refractivity contribution in [3.63, 3.8) is 0 Å². The minimum Gasteiger partial charge on any atom is -0.496 e. The van der Waals surface area contributed by atoms with E-state index in [0.29, 0.717) is 29.9 Å². The highest BCUT2D eigenvalue weighted by molar-refractivity contribution is 5.30. The fourth-order valence-corrected chi connectivity index (χ4v) is 2.16. The maximum Gasteiger partial charge on any atom is 0.342 e. The van der Waals surface area contributed by atoms with E-state index < -0.39 is 11.7 Å². The molecule has 1 rings (SSSR count). The maximum absolute atomic E-state index is 11.6. The molecule has 0 saturated heterocycles. The summed E-state index contributed by atoms with van der Waals surface area (Å²) in [6, 6.07) is 1.68. The molecule has 4 nitrogen and oxygen atoms in total. The van der Waals surface area contributed by atoms with Crippen LogP contribution < -0.4 is 10.4 Å². The predicted octanol–water partition coefficient (Wildman–Crippen LogP) is 3.55. The molecule has 0 fully saturated rings. The van der Waals surface area contributed by atoms with Crippen molar-refractivity contribution in [3.05, 3.63) is 52.1 Å². The van der Waals surface area contributed by atoms with Crippen LogP contribution in [0.4, 0.5) is 0 Å². The first-order chi connectivity index (χ1) is 10.6. The fourth-order valence-electron chi connectivity index (χ4n) is 2.16. The fraction of sp³-hybridized carbons (Fsp3) is 0.500. The zero-order chi connectivity index (χ0) is 16.4. The van der Waals surface area contributed by atoms with E-state index in [1.54, 1.807) is 13.0 Å². The van der Waals surface area contributed by atoms with Crippen LogP contribution in [0.5, 0.6) is 5.75 Å². The largest absolute Gasteiger partial charge is 0.496 e. The number of aliphatic hydroxyl groups excluding tert-OH is 1. The predicted molar refractivity (Wildman–Crippen MR) is 88.4 cm³/mol. The van der Waals surface area contributed by atoms with Crippen molar-refractivity contribution in [1.29, 1.82) is 0 Å². The van der Waals surface area contributed by atoms with E-state index in [-0.39, 0.29) is 0 Å². The average molecular weight is 306 g/mol. The Morgan fingerprint density at radius 3 is 2.82 bits per heavy atom. The molecule has 0 aliphatic rings. The van der Waals surface area contributed by atoms with Gasteiger partial charge >= 0.3 is 5.63 Å². The molecule has 1 aromatic rings. The lowest BCUT2D eigenvalue weighted by atomic mass is 10.1. The molecule has 0 aliphatic carbocycles. The molecule has 122 valence electrons. The second kappa shape index (κ2) is 10.0. The number of methoxy groups -OCH3 is 1. The van der Waals surface area contributed by atoms with Gasteiger partial charge < -0.3 is 14.3 Å². The Balaban J connectivity index is 2.40. The average Bonchev–Trinajstić information content (AvgIpc) is 2.49. The smallest absolute Gasteiger partial charge is 0.342 e. The highest BCUT2D eigenvalue weighted by Gasteiger charge is 2.12. The van der Waals surface area contributed by atoms with Gasteiger partial charge in [-0.05, 0) is 33.1 Å². The van der Waals surface area contributed by atoms with Gasteiger partial charge in [-0.15, -0.1) is 0 Å². The van der Waals surface area contributed by atoms with Crippen molar-refractivity contribution in [2.24, 2.45) is 0 Å². The first kappa shape index (κ1) is 18.2. The van der Waals surface area contributed by atoms with Crippen molar-refractivity contribution in [3.8, 4) is 5.75 Å². The number of ether oxygens (including phenoxy) is 1. The van der Waals surface area contributed by atoms with E-state index in [9.17, 15) is 9.90 Å². The third kappa shape index (κ3) is 6.31. The van der Waals surface area contributed by atoms with Gasteiger partial charge in [0.1, 0.15) is 11.5 Å². The summed E-state index contributed by atoms with van der Waals surface area (Å²) in [6.07, 6.45) is 11.6. The van der Waals surface area contributed by atoms with Crippen LogP contribution in [0.2, 0.25) is 0 Å². The second-order valence-corrected chi connectivity index (χ2v) is 5.29. The van der Waals surface area contributed by atoms with Crippen LogP contribution in [-0.2, 0) is 6.42 Å². The summed E-state index contributed by atoms with van der Waals surface area (Å²) in [4.78, 5) is 11.6. The Bertz CT molecular complexity index is 555. The molecule has 0 spiro atoms. The maximum atomic E-state index is 11.6. The van der Waals surface area contributed by atoms with Crippen LogP contribution in [0.15, 0.2) is 39.6 Å². The number of aliphatic hydroxyl groups is 1. The van der Waals surface area contributed by atoms with Crippen LogP contribution in [0, 0.1) is 6.92 Å². The van der Waals surface area contributed by atoms with E-state index in [0.717, 1.165) is 19.3 Å². The minimum absolute atomic E-state index is 0.334. The Kier molecular flexibility index (Phi) is 8.30. The van der Waals surface area contributed by atoms with E-state index in [1.165, 1.54) is 7.11 Å². The van der Waals surface area contributed by atoms with Crippen molar-refractivity contribution >= 4 is 0 Å². The van der Waals surface area contributed by atoms with Gasteiger partial charge in [0.15, 0.2) is 0 Å². The summed E-state index contributed by atoms with van der Waals surface area (Å²) in [6.45, 7) is 3.64. The monoisotopic (exact) mass is 306 g/mol. The molecule has 0 aliphatic heterocycles. The molecule has 0 saturated carbocycles. The van der Waals surface area contributed by atoms with Crippen LogP contribution >= 0.6 is 0 Å². The Morgan fingerprint density at radius 2 is 2.14 bits per heavy atom. The number of rotatable bonds is 9. The zero-order valence-electron chi connectivity index (χ0n) is 13.7. The SMILES string of the molecule is C/C=C/C=C/CCCCC(O)Cc1cc(OC)c(C)c(=O)o1. The molecule has 0 aromatic carbocycles. The Morgan fingerprint density at radius 1 is 1.36 bits per heavy atom. The molecule has 1 aromatic heterocycles. The molecular formula is C18H26O4. The first-order valence-electron chi connectivity index (χ1n) is 7.72. The molecule has 22 heavy (non-hydrogen) atoms. The van der Waals surface area contributed by atoms with Crippen molar-refractivity contribution < 1.29 is 14.3 Å². The molecule has 0 bridgehead atoms. The van der Waals surface area contributed by atoms with Crippen molar-refractivity contribution in [2.45, 2.75) is 52.1 Å². The van der Waals surface area contributed by atoms with Gasteiger partial charge in [-0.2, -0.15) is 0 Å². The van der Waals surface area contributed by atoms with E-state index in [1.807, 2.05) is 25.2 Å². The summed E-state index contributed by atoms with van der Waals surface area (Å²) in [5, 5.41) is 10.0. The summed E-state index contributed by atoms with van der Waals surface area (Å²) in [5.74, 6) is 0.973. The first-order valence-corrected chi connectivity index (χ1v) is 7.72. The molecule has 4 heteroatoms. The van der Waals surface area contributed by atoms with Crippen molar-refractivity contribution in [1.82, 2.24) is 0 Å². The molecule has 0 radical (unpaired) electrons. The molecule has 0 amide bonds. The second-order valence-electron chi connectivity index (χ2n) is 5.29. The van der Waals surface area contributed by atoms with E-state index in [4.69, 9.17) is 9.15 Å². The highest BCUT2D eigenvalue weighted by atomic mass is 16.5. The van der Waals surface area contributed by atoms with Gasteiger partial charge in [-0.1, -0.05) is 30.7 Å². The molecule has 1 atom stereocenters.